The van der Waals surface area contributed by atoms with Crippen LogP contribution in [-0.4, -0.2) is 35.1 Å². The third-order valence-electron chi connectivity index (χ3n) is 4.46. The second-order valence-corrected chi connectivity index (χ2v) is 7.36. The zero-order valence-electron chi connectivity index (χ0n) is 15.2. The molecule has 2 amide bonds. The first-order valence-electron chi connectivity index (χ1n) is 9.27. The standard InChI is InChI=1S/C20H30N2O3/c1-14(2)8-13-18(23)22-17(12-9-15-6-4-3-5-7-15)19(24)20(25)21-16-10-11-16/h3-7,14,16-17,19,24H,8-13H2,1-2H3,(H,21,25)(H,22,23)/t17-,19?/m0/s1. The van der Waals surface area contributed by atoms with Crippen LogP contribution >= 0.6 is 0 Å². The van der Waals surface area contributed by atoms with Gasteiger partial charge < -0.3 is 15.7 Å². The molecule has 0 heterocycles. The molecule has 1 aliphatic carbocycles. The number of benzene rings is 1. The number of aryl methyl sites for hydroxylation is 1. The van der Waals surface area contributed by atoms with E-state index in [4.69, 9.17) is 0 Å². The number of aliphatic hydroxyl groups excluding tert-OH is 1. The Morgan fingerprint density at radius 1 is 1.16 bits per heavy atom. The van der Waals surface area contributed by atoms with E-state index in [1.165, 1.54) is 0 Å². The average Bonchev–Trinajstić information content (AvgIpc) is 3.41. The first-order valence-corrected chi connectivity index (χ1v) is 9.27. The van der Waals surface area contributed by atoms with E-state index in [1.54, 1.807) is 0 Å². The lowest BCUT2D eigenvalue weighted by Crippen LogP contribution is -2.51. The topological polar surface area (TPSA) is 78.4 Å². The summed E-state index contributed by atoms with van der Waals surface area (Å²) < 4.78 is 0. The van der Waals surface area contributed by atoms with Crippen molar-refractivity contribution in [1.29, 1.82) is 0 Å². The molecule has 0 radical (unpaired) electrons. The highest BCUT2D eigenvalue weighted by molar-refractivity contribution is 5.83. The lowest BCUT2D eigenvalue weighted by molar-refractivity contribution is -0.132. The number of nitrogens with one attached hydrogen (secondary N) is 2. The number of amides is 2. The van der Waals surface area contributed by atoms with E-state index in [0.717, 1.165) is 24.8 Å². The maximum absolute atomic E-state index is 12.2. The van der Waals surface area contributed by atoms with Crippen LogP contribution in [0.1, 0.15) is 51.5 Å². The van der Waals surface area contributed by atoms with Gasteiger partial charge >= 0.3 is 0 Å². The number of rotatable bonds is 10. The first-order chi connectivity index (χ1) is 12.0. The predicted molar refractivity (Wildman–Crippen MR) is 97.9 cm³/mol. The number of hydrogen-bond donors (Lipinski definition) is 3. The molecule has 0 aromatic heterocycles. The van der Waals surface area contributed by atoms with Crippen molar-refractivity contribution in [2.24, 2.45) is 5.92 Å². The van der Waals surface area contributed by atoms with Gasteiger partial charge in [0.15, 0.2) is 6.10 Å². The maximum atomic E-state index is 12.2. The predicted octanol–water partition coefficient (Wildman–Crippen LogP) is 2.18. The molecule has 0 aliphatic heterocycles. The second kappa shape index (κ2) is 9.56. The zero-order chi connectivity index (χ0) is 18.2. The molecule has 25 heavy (non-hydrogen) atoms. The molecule has 1 saturated carbocycles. The van der Waals surface area contributed by atoms with Gasteiger partial charge in [0.2, 0.25) is 5.91 Å². The van der Waals surface area contributed by atoms with Crippen LogP contribution in [0, 0.1) is 5.92 Å². The van der Waals surface area contributed by atoms with Crippen LogP contribution in [0.2, 0.25) is 0 Å². The summed E-state index contributed by atoms with van der Waals surface area (Å²) in [5.74, 6) is -0.0497. The molecule has 0 saturated heterocycles. The highest BCUT2D eigenvalue weighted by atomic mass is 16.3. The minimum Gasteiger partial charge on any atom is -0.381 e. The molecule has 2 rings (SSSR count). The fraction of sp³-hybridized carbons (Fsp3) is 0.600. The number of carbonyl (C=O) groups is 2. The Morgan fingerprint density at radius 2 is 1.84 bits per heavy atom. The molecule has 1 unspecified atom stereocenters. The molecule has 1 fully saturated rings. The van der Waals surface area contributed by atoms with Crippen LogP contribution in [0.5, 0.6) is 0 Å². The van der Waals surface area contributed by atoms with Crippen molar-refractivity contribution >= 4 is 11.8 Å². The summed E-state index contributed by atoms with van der Waals surface area (Å²) in [6.45, 7) is 4.14. The highest BCUT2D eigenvalue weighted by Gasteiger charge is 2.31. The van der Waals surface area contributed by atoms with Gasteiger partial charge in [-0.05, 0) is 43.6 Å². The smallest absolute Gasteiger partial charge is 0.251 e. The Bertz CT molecular complexity index is 555. The summed E-state index contributed by atoms with van der Waals surface area (Å²) in [4.78, 5) is 24.4. The van der Waals surface area contributed by atoms with Crippen molar-refractivity contribution in [3.8, 4) is 0 Å². The Balaban J connectivity index is 1.93. The molecular weight excluding hydrogens is 316 g/mol. The van der Waals surface area contributed by atoms with Crippen LogP contribution in [0.25, 0.3) is 0 Å². The molecule has 5 nitrogen and oxygen atoms in total. The molecule has 138 valence electrons. The number of aliphatic hydroxyl groups is 1. The molecular formula is C20H30N2O3. The van der Waals surface area contributed by atoms with Crippen molar-refractivity contribution in [2.75, 3.05) is 0 Å². The van der Waals surface area contributed by atoms with Gasteiger partial charge in [0.05, 0.1) is 6.04 Å². The third kappa shape index (κ3) is 7.26. The number of carbonyl (C=O) groups excluding carboxylic acids is 2. The molecule has 1 aromatic rings. The SMILES string of the molecule is CC(C)CCC(=O)N[C@@H](CCc1ccccc1)C(O)C(=O)NC1CC1. The van der Waals surface area contributed by atoms with E-state index in [9.17, 15) is 14.7 Å². The Morgan fingerprint density at radius 3 is 2.44 bits per heavy atom. The summed E-state index contributed by atoms with van der Waals surface area (Å²) in [5.41, 5.74) is 1.12. The second-order valence-electron chi connectivity index (χ2n) is 7.36. The molecule has 0 spiro atoms. The lowest BCUT2D eigenvalue weighted by atomic mass is 9.99. The van der Waals surface area contributed by atoms with Gasteiger partial charge in [-0.2, -0.15) is 0 Å². The van der Waals surface area contributed by atoms with Gasteiger partial charge in [-0.15, -0.1) is 0 Å². The molecule has 0 bridgehead atoms. The number of hydrogen-bond acceptors (Lipinski definition) is 3. The third-order valence-corrected chi connectivity index (χ3v) is 4.46. The van der Waals surface area contributed by atoms with Crippen molar-refractivity contribution in [2.45, 2.75) is 70.6 Å². The van der Waals surface area contributed by atoms with Crippen molar-refractivity contribution in [1.82, 2.24) is 10.6 Å². The van der Waals surface area contributed by atoms with Gasteiger partial charge in [-0.3, -0.25) is 9.59 Å². The summed E-state index contributed by atoms with van der Waals surface area (Å²) in [6, 6.07) is 9.51. The maximum Gasteiger partial charge on any atom is 0.251 e. The Labute approximate surface area is 150 Å². The van der Waals surface area contributed by atoms with E-state index >= 15 is 0 Å². The van der Waals surface area contributed by atoms with E-state index in [2.05, 4.69) is 24.5 Å². The minimum absolute atomic E-state index is 0.106. The zero-order valence-corrected chi connectivity index (χ0v) is 15.2. The van der Waals surface area contributed by atoms with Gasteiger partial charge in [0.25, 0.3) is 5.91 Å². The van der Waals surface area contributed by atoms with Crippen LogP contribution in [0.3, 0.4) is 0 Å². The van der Waals surface area contributed by atoms with E-state index in [1.807, 2.05) is 30.3 Å². The Kier molecular flexibility index (Phi) is 7.44. The van der Waals surface area contributed by atoms with Crippen molar-refractivity contribution < 1.29 is 14.7 Å². The molecule has 3 N–H and O–H groups in total. The fourth-order valence-corrected chi connectivity index (χ4v) is 2.67. The van der Waals surface area contributed by atoms with Crippen molar-refractivity contribution in [3.05, 3.63) is 35.9 Å². The summed E-state index contributed by atoms with van der Waals surface area (Å²) in [7, 11) is 0. The summed E-state index contributed by atoms with van der Waals surface area (Å²) in [5, 5.41) is 16.1. The summed E-state index contributed by atoms with van der Waals surface area (Å²) >= 11 is 0. The van der Waals surface area contributed by atoms with Gasteiger partial charge in [-0.25, -0.2) is 0 Å². The largest absolute Gasteiger partial charge is 0.381 e. The monoisotopic (exact) mass is 346 g/mol. The van der Waals surface area contributed by atoms with Gasteiger partial charge in [0.1, 0.15) is 0 Å². The van der Waals surface area contributed by atoms with Crippen LogP contribution in [0.4, 0.5) is 0 Å². The average molecular weight is 346 g/mol. The van der Waals surface area contributed by atoms with E-state index in [0.29, 0.717) is 25.2 Å². The quantitative estimate of drug-likeness (QED) is 0.608. The normalized spacial score (nSPS) is 16.3. The van der Waals surface area contributed by atoms with Crippen LogP contribution in [-0.2, 0) is 16.0 Å². The van der Waals surface area contributed by atoms with Crippen molar-refractivity contribution in [3.63, 3.8) is 0 Å². The van der Waals surface area contributed by atoms with E-state index in [-0.39, 0.29) is 17.9 Å². The minimum atomic E-state index is -1.22. The Hall–Kier alpha value is -1.88. The van der Waals surface area contributed by atoms with Gasteiger partial charge in [0, 0.05) is 12.5 Å². The first kappa shape index (κ1) is 19.4. The highest BCUT2D eigenvalue weighted by Crippen LogP contribution is 2.19. The fourth-order valence-electron chi connectivity index (χ4n) is 2.67. The molecule has 5 heteroatoms. The molecule has 2 atom stereocenters. The van der Waals surface area contributed by atoms with Gasteiger partial charge in [-0.1, -0.05) is 44.2 Å². The summed E-state index contributed by atoms with van der Waals surface area (Å²) in [6.07, 6.45) is 3.15. The van der Waals surface area contributed by atoms with Crippen LogP contribution in [0.15, 0.2) is 30.3 Å². The van der Waals surface area contributed by atoms with Crippen LogP contribution < -0.4 is 10.6 Å². The molecule has 1 aromatic carbocycles. The molecule has 1 aliphatic rings. The lowest BCUT2D eigenvalue weighted by Gasteiger charge is -2.24. The van der Waals surface area contributed by atoms with E-state index < -0.39 is 12.1 Å².